The molecule has 3 aromatic carbocycles. The molecule has 0 aliphatic carbocycles. The van der Waals surface area contributed by atoms with Crippen LogP contribution in [0.5, 0.6) is 0 Å². The summed E-state index contributed by atoms with van der Waals surface area (Å²) >= 11 is 1.80. The Morgan fingerprint density at radius 3 is 1.67 bits per heavy atom. The van der Waals surface area contributed by atoms with Gasteiger partial charge in [-0.2, -0.15) is 0 Å². The second-order valence-electron chi connectivity index (χ2n) is 11.6. The minimum absolute atomic E-state index is 0.852. The van der Waals surface area contributed by atoms with Crippen LogP contribution in [0.15, 0.2) is 162 Å². The van der Waals surface area contributed by atoms with Gasteiger partial charge in [0, 0.05) is 45.9 Å². The predicted molar refractivity (Wildman–Crippen MR) is 257 cm³/mol. The average molecular weight is 786 g/mol. The molecule has 0 aliphatic rings. The number of hydrogen-bond acceptors (Lipinski definition) is 3. The molecule has 0 spiro atoms. The Labute approximate surface area is 349 Å². The van der Waals surface area contributed by atoms with Crippen LogP contribution in [0.1, 0.15) is 97.1 Å². The molecule has 0 N–H and O–H groups in total. The van der Waals surface area contributed by atoms with Crippen molar-refractivity contribution in [3.8, 4) is 0 Å². The van der Waals surface area contributed by atoms with E-state index in [9.17, 15) is 0 Å². The maximum Gasteiger partial charge on any atom is 0.166 e. The van der Waals surface area contributed by atoms with Crippen molar-refractivity contribution in [3.05, 3.63) is 186 Å². The van der Waals surface area contributed by atoms with Gasteiger partial charge >= 0.3 is 0 Å². The molecule has 0 radical (unpaired) electrons. The van der Waals surface area contributed by atoms with Crippen molar-refractivity contribution in [2.45, 2.75) is 104 Å². The summed E-state index contributed by atoms with van der Waals surface area (Å²) in [4.78, 5) is 0. The molecule has 5 heteroatoms. The van der Waals surface area contributed by atoms with Gasteiger partial charge in [-0.3, -0.25) is 0 Å². The quantitative estimate of drug-likeness (QED) is 0.153. The maximum absolute atomic E-state index is 4.92. The number of fused-ring (bicyclic) bond motifs is 4. The molecule has 0 unspecified atom stereocenters. The third-order valence-electron chi connectivity index (χ3n) is 7.42. The highest BCUT2D eigenvalue weighted by molar-refractivity contribution is 7.17. The van der Waals surface area contributed by atoms with E-state index in [4.69, 9.17) is 4.52 Å². The van der Waals surface area contributed by atoms with Crippen LogP contribution in [0, 0.1) is 34.6 Å². The molecular weight excluding hydrogens is 715 g/mol. The molecule has 0 amide bonds. The largest absolute Gasteiger partial charge is 0.356 e. The second-order valence-corrected chi connectivity index (χ2v) is 12.5. The van der Waals surface area contributed by atoms with Crippen molar-refractivity contribution in [3.63, 3.8) is 0 Å². The smallest absolute Gasteiger partial charge is 0.166 e. The first-order chi connectivity index (χ1) is 27.8. The lowest BCUT2D eigenvalue weighted by Gasteiger charge is -1.94. The van der Waals surface area contributed by atoms with Gasteiger partial charge in [-0.15, -0.1) is 11.3 Å². The molecule has 306 valence electrons. The molecular formula is C52H71N3OS. The van der Waals surface area contributed by atoms with Crippen LogP contribution in [0.25, 0.3) is 32.1 Å². The van der Waals surface area contributed by atoms with Crippen LogP contribution in [0.3, 0.4) is 0 Å². The normalized spacial score (nSPS) is 8.96. The first-order valence-corrected chi connectivity index (χ1v) is 21.6. The summed E-state index contributed by atoms with van der Waals surface area (Å²) in [5, 5.41) is 8.22. The van der Waals surface area contributed by atoms with Crippen LogP contribution in [-0.2, 0) is 0 Å². The molecule has 0 saturated heterocycles. The van der Waals surface area contributed by atoms with Gasteiger partial charge in [0.05, 0.1) is 6.20 Å². The van der Waals surface area contributed by atoms with Crippen molar-refractivity contribution in [1.29, 1.82) is 0 Å². The molecule has 0 fully saturated rings. The molecule has 0 aliphatic heterocycles. The van der Waals surface area contributed by atoms with Crippen LogP contribution in [-0.4, -0.2) is 14.0 Å². The zero-order valence-electron chi connectivity index (χ0n) is 37.7. The lowest BCUT2D eigenvalue weighted by molar-refractivity contribution is 0.456. The summed E-state index contributed by atoms with van der Waals surface area (Å²) in [6, 6.07) is 41.7. The Morgan fingerprint density at radius 1 is 0.439 bits per heavy atom. The first-order valence-electron chi connectivity index (χ1n) is 20.7. The third-order valence-corrected chi connectivity index (χ3v) is 8.30. The summed E-state index contributed by atoms with van der Waals surface area (Å²) in [6.07, 6.45) is 10.0. The molecule has 57 heavy (non-hydrogen) atoms. The Bertz CT molecular complexity index is 1980. The number of aromatic nitrogens is 3. The fraction of sp³-hybridized carbons (Fsp3) is 0.288. The molecule has 9 aromatic rings. The molecule has 4 nitrogen and oxygen atoms in total. The number of aryl methyl sites for hydroxylation is 5. The number of benzene rings is 3. The highest BCUT2D eigenvalue weighted by Gasteiger charge is 1.95. The van der Waals surface area contributed by atoms with E-state index in [-0.39, 0.29) is 0 Å². The first kappa shape index (κ1) is 51.6. The highest BCUT2D eigenvalue weighted by Crippen LogP contribution is 2.21. The average Bonchev–Trinajstić information content (AvgIpc) is 4.11. The predicted octanol–water partition coefficient (Wildman–Crippen LogP) is 17.0. The van der Waals surface area contributed by atoms with Gasteiger partial charge in [0.2, 0.25) is 0 Å². The van der Waals surface area contributed by atoms with Crippen LogP contribution in [0.2, 0.25) is 0 Å². The molecule has 0 atom stereocenters. The summed E-state index contributed by atoms with van der Waals surface area (Å²) in [6.45, 7) is 30.5. The Hall–Kier alpha value is -5.39. The number of pyridine rings is 2. The molecule has 9 rings (SSSR count). The number of rotatable bonds is 0. The lowest BCUT2D eigenvalue weighted by Crippen LogP contribution is -1.81. The van der Waals surface area contributed by atoms with E-state index in [0.717, 1.165) is 11.0 Å². The summed E-state index contributed by atoms with van der Waals surface area (Å²) in [5.41, 5.74) is 9.87. The van der Waals surface area contributed by atoms with Crippen LogP contribution >= 0.6 is 11.3 Å². The van der Waals surface area contributed by atoms with E-state index in [0.29, 0.717) is 0 Å². The minimum Gasteiger partial charge on any atom is -0.356 e. The maximum atomic E-state index is 4.92. The number of hydrogen-bond donors (Lipinski definition) is 0. The van der Waals surface area contributed by atoms with Crippen molar-refractivity contribution >= 4 is 43.4 Å². The minimum atomic E-state index is 0.852. The molecule has 0 bridgehead atoms. The Kier molecular flexibility index (Phi) is 28.8. The number of nitrogens with zero attached hydrogens (tertiary/aromatic N) is 3. The lowest BCUT2D eigenvalue weighted by atomic mass is 10.2. The van der Waals surface area contributed by atoms with Gasteiger partial charge in [0.25, 0.3) is 0 Å². The Balaban J connectivity index is 0.000000654. The van der Waals surface area contributed by atoms with Gasteiger partial charge in [-0.05, 0) is 129 Å². The van der Waals surface area contributed by atoms with E-state index in [1.165, 1.54) is 48.9 Å². The molecule has 6 aromatic heterocycles. The fourth-order valence-electron chi connectivity index (χ4n) is 4.88. The number of thiophene rings is 1. The third kappa shape index (κ3) is 19.4. The van der Waals surface area contributed by atoms with Crippen molar-refractivity contribution in [2.75, 3.05) is 0 Å². The van der Waals surface area contributed by atoms with Gasteiger partial charge in [-0.25, -0.2) is 0 Å². The molecule has 6 heterocycles. The Morgan fingerprint density at radius 2 is 1.02 bits per heavy atom. The van der Waals surface area contributed by atoms with E-state index >= 15 is 0 Å². The van der Waals surface area contributed by atoms with Crippen LogP contribution < -0.4 is 0 Å². The van der Waals surface area contributed by atoms with Crippen LogP contribution in [0.4, 0.5) is 0 Å². The fourth-order valence-corrected chi connectivity index (χ4v) is 5.76. The van der Waals surface area contributed by atoms with Crippen molar-refractivity contribution < 1.29 is 4.52 Å². The van der Waals surface area contributed by atoms with E-state index < -0.39 is 0 Å². The highest BCUT2D eigenvalue weighted by atomic mass is 32.1. The summed E-state index contributed by atoms with van der Waals surface area (Å²) in [5.74, 6) is 0. The second kappa shape index (κ2) is 31.8. The van der Waals surface area contributed by atoms with Crippen molar-refractivity contribution in [1.82, 2.24) is 14.0 Å². The van der Waals surface area contributed by atoms with Crippen molar-refractivity contribution in [2.24, 2.45) is 0 Å². The molecule has 0 saturated carbocycles. The topological polar surface area (TPSA) is 34.9 Å². The van der Waals surface area contributed by atoms with Gasteiger partial charge in [0.1, 0.15) is 0 Å². The van der Waals surface area contributed by atoms with E-state index in [1.54, 1.807) is 17.5 Å². The van der Waals surface area contributed by atoms with E-state index in [2.05, 4.69) is 157 Å². The summed E-state index contributed by atoms with van der Waals surface area (Å²) in [7, 11) is 0. The standard InChI is InChI=1S/2C9H9N.C9H8S.C8H7NO.C7H8.5C2H6/c1-8-4-5-9-3-2-6-10(9)7-8;1-8-4-6-10-5-2-3-9(10)7-8;1-7-2-3-8-4-5-10-9(8)6-7;1-6-2-3-8-7(4-6)5-9-10-8;1-7-5-3-2-4-6-7;5*1-2/h2*2-7H,1H3;2-6H,1H3;2-5H,1H3;2-6H,1H3;5*1-2H3. The van der Waals surface area contributed by atoms with Gasteiger partial charge in [0.15, 0.2) is 5.58 Å². The van der Waals surface area contributed by atoms with Gasteiger partial charge < -0.3 is 13.3 Å². The zero-order chi connectivity index (χ0) is 43.0. The monoisotopic (exact) mass is 786 g/mol. The zero-order valence-corrected chi connectivity index (χ0v) is 38.5. The summed E-state index contributed by atoms with van der Waals surface area (Å²) < 4.78 is 10.5. The SMILES string of the molecule is CC.CC.CC.CC.CC.Cc1ccc2cccn2c1.Cc1ccc2ccsc2c1.Cc1ccc2oncc2c1.Cc1ccccc1.Cc1ccn2cccc2c1. The van der Waals surface area contributed by atoms with Gasteiger partial charge in [-0.1, -0.05) is 140 Å². The van der Waals surface area contributed by atoms with E-state index in [1.807, 2.05) is 113 Å².